The number of pyridine rings is 1. The molecule has 1 saturated heterocycles. The first-order valence-corrected chi connectivity index (χ1v) is 6.66. The molecule has 3 rings (SSSR count). The first kappa shape index (κ1) is 13.5. The number of hydrogen-bond acceptors (Lipinski definition) is 6. The fourth-order valence-electron chi connectivity index (χ4n) is 1.96. The lowest BCUT2D eigenvalue weighted by Crippen LogP contribution is -2.45. The van der Waals surface area contributed by atoms with E-state index in [2.05, 4.69) is 20.5 Å². The van der Waals surface area contributed by atoms with Crippen molar-refractivity contribution < 1.29 is 13.9 Å². The van der Waals surface area contributed by atoms with Gasteiger partial charge >= 0.3 is 6.03 Å². The molecule has 8 heteroatoms. The summed E-state index contributed by atoms with van der Waals surface area (Å²) in [5.74, 6) is 0.745. The highest BCUT2D eigenvalue weighted by atomic mass is 16.5. The van der Waals surface area contributed by atoms with Crippen LogP contribution < -0.4 is 5.32 Å². The predicted octanol–water partition coefficient (Wildman–Crippen LogP) is 0.673. The maximum atomic E-state index is 11.9. The van der Waals surface area contributed by atoms with Crippen LogP contribution in [0.25, 0.3) is 11.5 Å². The van der Waals surface area contributed by atoms with E-state index in [0.717, 1.165) is 5.56 Å². The summed E-state index contributed by atoms with van der Waals surface area (Å²) >= 11 is 0. The Hall–Kier alpha value is -2.48. The number of hydrogen-bond donors (Lipinski definition) is 1. The minimum absolute atomic E-state index is 0.153. The topological polar surface area (TPSA) is 93.4 Å². The fourth-order valence-corrected chi connectivity index (χ4v) is 1.96. The molecule has 0 saturated carbocycles. The number of ether oxygens (including phenoxy) is 1. The largest absolute Gasteiger partial charge is 0.419 e. The Bertz CT molecular complexity index is 595. The molecule has 0 aliphatic carbocycles. The van der Waals surface area contributed by atoms with Crippen LogP contribution in [0.5, 0.6) is 0 Å². The maximum Gasteiger partial charge on any atom is 0.317 e. The van der Waals surface area contributed by atoms with Gasteiger partial charge in [0.15, 0.2) is 0 Å². The van der Waals surface area contributed by atoms with Crippen molar-refractivity contribution >= 4 is 6.03 Å². The third kappa shape index (κ3) is 3.34. The van der Waals surface area contributed by atoms with Gasteiger partial charge in [-0.3, -0.25) is 4.98 Å². The second kappa shape index (κ2) is 6.31. The average molecular weight is 289 g/mol. The van der Waals surface area contributed by atoms with Crippen molar-refractivity contribution in [1.82, 2.24) is 25.4 Å². The van der Waals surface area contributed by atoms with E-state index in [1.165, 1.54) is 0 Å². The number of morpholine rings is 1. The Morgan fingerprint density at radius 1 is 1.33 bits per heavy atom. The van der Waals surface area contributed by atoms with E-state index in [1.54, 1.807) is 23.4 Å². The van der Waals surface area contributed by atoms with Gasteiger partial charge < -0.3 is 19.4 Å². The highest BCUT2D eigenvalue weighted by molar-refractivity contribution is 5.74. The Morgan fingerprint density at radius 3 is 2.95 bits per heavy atom. The first-order valence-electron chi connectivity index (χ1n) is 6.66. The summed E-state index contributed by atoms with van der Waals surface area (Å²) in [4.78, 5) is 17.6. The third-order valence-corrected chi connectivity index (χ3v) is 3.06. The van der Waals surface area contributed by atoms with Gasteiger partial charge in [-0.15, -0.1) is 10.2 Å². The van der Waals surface area contributed by atoms with Crippen LogP contribution in [0, 0.1) is 0 Å². The highest BCUT2D eigenvalue weighted by Gasteiger charge is 2.17. The van der Waals surface area contributed by atoms with E-state index >= 15 is 0 Å². The molecule has 0 spiro atoms. The summed E-state index contributed by atoms with van der Waals surface area (Å²) in [6, 6.07) is 3.47. The standard InChI is InChI=1S/C13H15N5O3/c19-13(18-4-6-20-7-5-18)15-9-11-16-17-12(21-11)10-2-1-3-14-8-10/h1-3,8H,4-7,9H2,(H,15,19). The van der Waals surface area contributed by atoms with Crippen LogP contribution in [0.2, 0.25) is 0 Å². The van der Waals surface area contributed by atoms with E-state index in [-0.39, 0.29) is 12.6 Å². The zero-order valence-corrected chi connectivity index (χ0v) is 11.4. The SMILES string of the molecule is O=C(NCc1nnc(-c2cccnc2)o1)N1CCOCC1. The van der Waals surface area contributed by atoms with Gasteiger partial charge in [0.2, 0.25) is 11.8 Å². The van der Waals surface area contributed by atoms with Gasteiger partial charge in [-0.25, -0.2) is 4.79 Å². The zero-order valence-electron chi connectivity index (χ0n) is 11.4. The molecule has 0 aromatic carbocycles. The highest BCUT2D eigenvalue weighted by Crippen LogP contribution is 2.15. The summed E-state index contributed by atoms with van der Waals surface area (Å²) in [6.45, 7) is 2.52. The van der Waals surface area contributed by atoms with Crippen molar-refractivity contribution in [2.45, 2.75) is 6.54 Å². The van der Waals surface area contributed by atoms with Gasteiger partial charge in [0.05, 0.1) is 25.3 Å². The molecule has 2 amide bonds. The summed E-state index contributed by atoms with van der Waals surface area (Å²) in [5, 5.41) is 10.6. The minimum Gasteiger partial charge on any atom is -0.419 e. The molecule has 21 heavy (non-hydrogen) atoms. The van der Waals surface area contributed by atoms with E-state index in [1.807, 2.05) is 6.07 Å². The molecule has 1 aliphatic heterocycles. The van der Waals surface area contributed by atoms with Crippen LogP contribution in [-0.4, -0.2) is 52.4 Å². The van der Waals surface area contributed by atoms with Crippen LogP contribution in [-0.2, 0) is 11.3 Å². The van der Waals surface area contributed by atoms with Crippen LogP contribution in [0.15, 0.2) is 28.9 Å². The summed E-state index contributed by atoms with van der Waals surface area (Å²) in [6.07, 6.45) is 3.31. The summed E-state index contributed by atoms with van der Waals surface area (Å²) in [5.41, 5.74) is 0.746. The van der Waals surface area contributed by atoms with Gasteiger partial charge in [-0.2, -0.15) is 0 Å². The molecule has 0 bridgehead atoms. The number of carbonyl (C=O) groups is 1. The predicted molar refractivity (Wildman–Crippen MR) is 72.2 cm³/mol. The molecular weight excluding hydrogens is 274 g/mol. The number of amides is 2. The molecule has 2 aromatic rings. The Kier molecular flexibility index (Phi) is 4.06. The monoisotopic (exact) mass is 289 g/mol. The van der Waals surface area contributed by atoms with Crippen LogP contribution in [0.3, 0.4) is 0 Å². The number of nitrogens with one attached hydrogen (secondary N) is 1. The normalized spacial score (nSPS) is 15.0. The Labute approximate surface area is 121 Å². The van der Waals surface area contributed by atoms with Gasteiger partial charge in [-0.05, 0) is 12.1 Å². The van der Waals surface area contributed by atoms with E-state index in [0.29, 0.717) is 38.1 Å². The molecule has 8 nitrogen and oxygen atoms in total. The second-order valence-electron chi connectivity index (χ2n) is 4.50. The minimum atomic E-state index is -0.153. The molecule has 0 atom stereocenters. The third-order valence-electron chi connectivity index (χ3n) is 3.06. The Balaban J connectivity index is 1.56. The number of carbonyl (C=O) groups excluding carboxylic acids is 1. The number of urea groups is 1. The molecule has 0 unspecified atom stereocenters. The van der Waals surface area contributed by atoms with Gasteiger partial charge in [0.25, 0.3) is 0 Å². The lowest BCUT2D eigenvalue weighted by molar-refractivity contribution is 0.0530. The van der Waals surface area contributed by atoms with Crippen molar-refractivity contribution in [3.63, 3.8) is 0 Å². The fraction of sp³-hybridized carbons (Fsp3) is 0.385. The van der Waals surface area contributed by atoms with Crippen molar-refractivity contribution in [2.24, 2.45) is 0 Å². The summed E-state index contributed by atoms with van der Waals surface area (Å²) < 4.78 is 10.7. The molecule has 110 valence electrons. The molecule has 1 fully saturated rings. The van der Waals surface area contributed by atoms with Crippen molar-refractivity contribution in [3.8, 4) is 11.5 Å². The van der Waals surface area contributed by atoms with E-state index < -0.39 is 0 Å². The molecule has 1 aliphatic rings. The van der Waals surface area contributed by atoms with Gasteiger partial charge in [-0.1, -0.05) is 0 Å². The second-order valence-corrected chi connectivity index (χ2v) is 4.50. The van der Waals surface area contributed by atoms with Crippen molar-refractivity contribution in [2.75, 3.05) is 26.3 Å². The maximum absolute atomic E-state index is 11.9. The average Bonchev–Trinajstić information content (AvgIpc) is 3.03. The van der Waals surface area contributed by atoms with Gasteiger partial charge in [0.1, 0.15) is 0 Å². The van der Waals surface area contributed by atoms with Crippen LogP contribution in [0.4, 0.5) is 4.79 Å². The lowest BCUT2D eigenvalue weighted by atomic mass is 10.3. The van der Waals surface area contributed by atoms with Crippen molar-refractivity contribution in [3.05, 3.63) is 30.4 Å². The molecule has 0 radical (unpaired) electrons. The molecular formula is C13H15N5O3. The lowest BCUT2D eigenvalue weighted by Gasteiger charge is -2.26. The van der Waals surface area contributed by atoms with Gasteiger partial charge in [0, 0.05) is 25.5 Å². The number of rotatable bonds is 3. The van der Waals surface area contributed by atoms with Crippen LogP contribution in [0.1, 0.15) is 5.89 Å². The quantitative estimate of drug-likeness (QED) is 0.892. The smallest absolute Gasteiger partial charge is 0.317 e. The summed E-state index contributed by atoms with van der Waals surface area (Å²) in [7, 11) is 0. The molecule has 3 heterocycles. The number of nitrogens with zero attached hydrogens (tertiary/aromatic N) is 4. The van der Waals surface area contributed by atoms with E-state index in [4.69, 9.17) is 9.15 Å². The first-order chi connectivity index (χ1) is 10.3. The Morgan fingerprint density at radius 2 is 2.19 bits per heavy atom. The van der Waals surface area contributed by atoms with Crippen LogP contribution >= 0.6 is 0 Å². The van der Waals surface area contributed by atoms with Crippen molar-refractivity contribution in [1.29, 1.82) is 0 Å². The number of aromatic nitrogens is 3. The zero-order chi connectivity index (χ0) is 14.5. The van der Waals surface area contributed by atoms with E-state index in [9.17, 15) is 4.79 Å². The molecule has 1 N–H and O–H groups in total. The molecule has 2 aromatic heterocycles.